The average Bonchev–Trinajstić information content (AvgIpc) is 2.86. The zero-order valence-corrected chi connectivity index (χ0v) is 12.1. The quantitative estimate of drug-likeness (QED) is 0.763. The number of methoxy groups -OCH3 is 1. The molecule has 1 aliphatic rings. The van der Waals surface area contributed by atoms with E-state index in [0.29, 0.717) is 17.9 Å². The van der Waals surface area contributed by atoms with Gasteiger partial charge in [-0.3, -0.25) is 9.69 Å². The van der Waals surface area contributed by atoms with Crippen LogP contribution in [0.4, 0.5) is 0 Å². The van der Waals surface area contributed by atoms with Gasteiger partial charge >= 0.3 is 0 Å². The van der Waals surface area contributed by atoms with E-state index in [2.05, 4.69) is 11.8 Å². The molecule has 1 aliphatic heterocycles. The second-order valence-corrected chi connectivity index (χ2v) is 5.42. The van der Waals surface area contributed by atoms with Crippen LogP contribution >= 0.6 is 0 Å². The Balaban J connectivity index is 2.04. The van der Waals surface area contributed by atoms with Crippen molar-refractivity contribution in [2.75, 3.05) is 26.7 Å². The standard InChI is InChI=1S/C16H23NO2/c1-4-13-7-8-17(10-13)11-15(18)14-6-5-12(2)9-16(14)19-3/h5-6,9,13H,4,7-8,10-11H2,1-3H3. The van der Waals surface area contributed by atoms with E-state index in [1.165, 1.54) is 12.8 Å². The third kappa shape index (κ3) is 3.35. The molecule has 0 aliphatic carbocycles. The minimum absolute atomic E-state index is 0.161. The third-order valence-corrected chi connectivity index (χ3v) is 3.97. The molecule has 2 rings (SSSR count). The number of rotatable bonds is 5. The number of nitrogens with zero attached hydrogens (tertiary/aromatic N) is 1. The molecule has 1 heterocycles. The molecular weight excluding hydrogens is 238 g/mol. The maximum absolute atomic E-state index is 12.4. The summed E-state index contributed by atoms with van der Waals surface area (Å²) in [7, 11) is 1.62. The molecular formula is C16H23NO2. The number of hydrogen-bond acceptors (Lipinski definition) is 3. The van der Waals surface area contributed by atoms with Gasteiger partial charge in [0.1, 0.15) is 5.75 Å². The van der Waals surface area contributed by atoms with Crippen LogP contribution in [0.5, 0.6) is 5.75 Å². The normalized spacial score (nSPS) is 19.6. The predicted octanol–water partition coefficient (Wildman–Crippen LogP) is 2.92. The maximum atomic E-state index is 12.4. The average molecular weight is 261 g/mol. The molecule has 0 spiro atoms. The number of hydrogen-bond donors (Lipinski definition) is 0. The Morgan fingerprint density at radius 1 is 1.47 bits per heavy atom. The summed E-state index contributed by atoms with van der Waals surface area (Å²) < 4.78 is 5.31. The largest absolute Gasteiger partial charge is 0.496 e. The first-order valence-corrected chi connectivity index (χ1v) is 7.04. The fourth-order valence-corrected chi connectivity index (χ4v) is 2.71. The molecule has 1 aromatic rings. The Labute approximate surface area is 115 Å². The number of aryl methyl sites for hydroxylation is 1. The molecule has 1 saturated heterocycles. The van der Waals surface area contributed by atoms with Gasteiger partial charge in [0.2, 0.25) is 0 Å². The zero-order valence-electron chi connectivity index (χ0n) is 12.1. The van der Waals surface area contributed by atoms with Crippen molar-refractivity contribution in [3.05, 3.63) is 29.3 Å². The molecule has 1 fully saturated rings. The Kier molecular flexibility index (Phi) is 4.59. The van der Waals surface area contributed by atoms with Crippen molar-refractivity contribution in [2.45, 2.75) is 26.7 Å². The van der Waals surface area contributed by atoms with Gasteiger partial charge < -0.3 is 4.74 Å². The molecule has 0 aromatic heterocycles. The Morgan fingerprint density at radius 3 is 2.89 bits per heavy atom. The second kappa shape index (κ2) is 6.20. The zero-order chi connectivity index (χ0) is 13.8. The first-order chi connectivity index (χ1) is 9.13. The smallest absolute Gasteiger partial charge is 0.180 e. The minimum Gasteiger partial charge on any atom is -0.496 e. The molecule has 0 amide bonds. The molecule has 1 atom stereocenters. The van der Waals surface area contributed by atoms with Crippen molar-refractivity contribution >= 4 is 5.78 Å². The molecule has 0 radical (unpaired) electrons. The van der Waals surface area contributed by atoms with E-state index < -0.39 is 0 Å². The first-order valence-electron chi connectivity index (χ1n) is 7.04. The highest BCUT2D eigenvalue weighted by Crippen LogP contribution is 2.23. The number of carbonyl (C=O) groups excluding carboxylic acids is 1. The van der Waals surface area contributed by atoms with Crippen LogP contribution in [0.2, 0.25) is 0 Å². The van der Waals surface area contributed by atoms with Gasteiger partial charge in [-0.25, -0.2) is 0 Å². The lowest BCUT2D eigenvalue weighted by Gasteiger charge is -2.16. The van der Waals surface area contributed by atoms with Crippen molar-refractivity contribution in [2.24, 2.45) is 5.92 Å². The Hall–Kier alpha value is -1.35. The maximum Gasteiger partial charge on any atom is 0.180 e. The topological polar surface area (TPSA) is 29.5 Å². The lowest BCUT2D eigenvalue weighted by atomic mass is 10.1. The summed E-state index contributed by atoms with van der Waals surface area (Å²) in [6, 6.07) is 5.77. The van der Waals surface area contributed by atoms with Crippen LogP contribution in [0.15, 0.2) is 18.2 Å². The Bertz CT molecular complexity index is 456. The molecule has 1 aromatic carbocycles. The van der Waals surface area contributed by atoms with E-state index in [0.717, 1.165) is 24.6 Å². The highest BCUT2D eigenvalue weighted by Gasteiger charge is 2.24. The summed E-state index contributed by atoms with van der Waals surface area (Å²) in [5.74, 6) is 1.61. The van der Waals surface area contributed by atoms with Gasteiger partial charge in [0.05, 0.1) is 19.2 Å². The fraction of sp³-hybridized carbons (Fsp3) is 0.562. The number of ketones is 1. The number of benzene rings is 1. The van der Waals surface area contributed by atoms with E-state index in [9.17, 15) is 4.79 Å². The van der Waals surface area contributed by atoms with Crippen molar-refractivity contribution in [1.29, 1.82) is 0 Å². The molecule has 1 unspecified atom stereocenters. The number of likely N-dealkylation sites (tertiary alicyclic amines) is 1. The van der Waals surface area contributed by atoms with Gasteiger partial charge in [0.25, 0.3) is 0 Å². The van der Waals surface area contributed by atoms with Crippen LogP contribution in [0, 0.1) is 12.8 Å². The molecule has 104 valence electrons. The number of ether oxygens (including phenoxy) is 1. The van der Waals surface area contributed by atoms with Crippen LogP contribution in [-0.2, 0) is 0 Å². The van der Waals surface area contributed by atoms with Crippen molar-refractivity contribution in [3.63, 3.8) is 0 Å². The van der Waals surface area contributed by atoms with E-state index >= 15 is 0 Å². The van der Waals surface area contributed by atoms with E-state index in [1.54, 1.807) is 7.11 Å². The van der Waals surface area contributed by atoms with Crippen molar-refractivity contribution < 1.29 is 9.53 Å². The van der Waals surface area contributed by atoms with E-state index in [1.807, 2.05) is 25.1 Å². The van der Waals surface area contributed by atoms with Gasteiger partial charge in [0.15, 0.2) is 5.78 Å². The molecule has 0 bridgehead atoms. The molecule has 3 heteroatoms. The molecule has 0 N–H and O–H groups in total. The molecule has 0 saturated carbocycles. The van der Waals surface area contributed by atoms with Gasteiger partial charge in [-0.15, -0.1) is 0 Å². The third-order valence-electron chi connectivity index (χ3n) is 3.97. The van der Waals surface area contributed by atoms with Crippen LogP contribution in [-0.4, -0.2) is 37.4 Å². The van der Waals surface area contributed by atoms with Gasteiger partial charge in [-0.05, 0) is 43.5 Å². The number of carbonyl (C=O) groups is 1. The SMILES string of the molecule is CCC1CCN(CC(=O)c2ccc(C)cc2OC)C1. The van der Waals surface area contributed by atoms with Crippen LogP contribution < -0.4 is 4.74 Å². The van der Waals surface area contributed by atoms with Gasteiger partial charge in [-0.2, -0.15) is 0 Å². The highest BCUT2D eigenvalue weighted by atomic mass is 16.5. The molecule has 19 heavy (non-hydrogen) atoms. The minimum atomic E-state index is 0.161. The summed E-state index contributed by atoms with van der Waals surface area (Å²) in [5.41, 5.74) is 1.81. The van der Waals surface area contributed by atoms with Crippen LogP contribution in [0.1, 0.15) is 35.7 Å². The van der Waals surface area contributed by atoms with Crippen molar-refractivity contribution in [3.8, 4) is 5.75 Å². The number of Topliss-reactive ketones (excluding diaryl/α,β-unsaturated/α-hetero) is 1. The van der Waals surface area contributed by atoms with Gasteiger partial charge in [-0.1, -0.05) is 19.4 Å². The van der Waals surface area contributed by atoms with Crippen molar-refractivity contribution in [1.82, 2.24) is 4.90 Å². The highest BCUT2D eigenvalue weighted by molar-refractivity contribution is 6.00. The van der Waals surface area contributed by atoms with Gasteiger partial charge in [0, 0.05) is 6.54 Å². The lowest BCUT2D eigenvalue weighted by molar-refractivity contribution is 0.0940. The lowest BCUT2D eigenvalue weighted by Crippen LogP contribution is -2.28. The summed E-state index contributed by atoms with van der Waals surface area (Å²) in [5, 5.41) is 0. The predicted molar refractivity (Wildman–Crippen MR) is 76.9 cm³/mol. The summed E-state index contributed by atoms with van der Waals surface area (Å²) in [6.45, 7) is 6.83. The molecule has 3 nitrogen and oxygen atoms in total. The summed E-state index contributed by atoms with van der Waals surface area (Å²) in [6.07, 6.45) is 2.42. The fourth-order valence-electron chi connectivity index (χ4n) is 2.71. The Morgan fingerprint density at radius 2 is 2.26 bits per heavy atom. The van der Waals surface area contributed by atoms with Crippen LogP contribution in [0.25, 0.3) is 0 Å². The second-order valence-electron chi connectivity index (χ2n) is 5.42. The summed E-state index contributed by atoms with van der Waals surface area (Å²) >= 11 is 0. The van der Waals surface area contributed by atoms with E-state index in [-0.39, 0.29) is 5.78 Å². The first kappa shape index (κ1) is 14.1. The van der Waals surface area contributed by atoms with Crippen LogP contribution in [0.3, 0.4) is 0 Å². The van der Waals surface area contributed by atoms with E-state index in [4.69, 9.17) is 4.74 Å². The summed E-state index contributed by atoms with van der Waals surface area (Å²) in [4.78, 5) is 14.6. The monoisotopic (exact) mass is 261 g/mol.